The third-order valence-corrected chi connectivity index (χ3v) is 9.04. The van der Waals surface area contributed by atoms with Gasteiger partial charge in [0.25, 0.3) is 10.0 Å². The van der Waals surface area contributed by atoms with Crippen LogP contribution in [0, 0.1) is 0 Å². The second-order valence-corrected chi connectivity index (χ2v) is 12.1. The molecule has 39 heavy (non-hydrogen) atoms. The van der Waals surface area contributed by atoms with E-state index in [1.807, 2.05) is 13.8 Å². The van der Waals surface area contributed by atoms with Gasteiger partial charge in [-0.05, 0) is 62.2 Å². The van der Waals surface area contributed by atoms with E-state index in [0.717, 1.165) is 4.31 Å². The van der Waals surface area contributed by atoms with E-state index in [4.69, 9.17) is 34.8 Å². The van der Waals surface area contributed by atoms with Gasteiger partial charge in [-0.3, -0.25) is 13.9 Å². The number of sulfonamides is 1. The fourth-order valence-electron chi connectivity index (χ4n) is 3.80. The number of hydrogen-bond donors (Lipinski definition) is 1. The summed E-state index contributed by atoms with van der Waals surface area (Å²) in [4.78, 5) is 28.3. The topological polar surface area (TPSA) is 86.8 Å². The van der Waals surface area contributed by atoms with Crippen molar-refractivity contribution in [3.63, 3.8) is 0 Å². The van der Waals surface area contributed by atoms with Crippen LogP contribution in [0.15, 0.2) is 77.7 Å². The van der Waals surface area contributed by atoms with E-state index in [9.17, 15) is 18.0 Å². The monoisotopic (exact) mass is 609 g/mol. The predicted molar refractivity (Wildman–Crippen MR) is 157 cm³/mol. The zero-order chi connectivity index (χ0) is 28.7. The molecule has 0 unspecified atom stereocenters. The molecule has 0 bridgehead atoms. The standard InChI is InChI=1S/C28H30Cl3N3O4S/c1-4-19(2)32-28(36)20(3)33(17-21-10-8-11-22(29)16-21)26(35)18-34(25-15-9-14-24(30)27(25)31)39(37,38)23-12-6-5-7-13-23/h5-16,19-20H,4,17-18H2,1-3H3,(H,32,36)/t19-,20+/m1/s1. The highest BCUT2D eigenvalue weighted by molar-refractivity contribution is 7.92. The summed E-state index contributed by atoms with van der Waals surface area (Å²) in [6.45, 7) is 4.80. The smallest absolute Gasteiger partial charge is 0.264 e. The number of amides is 2. The molecule has 0 saturated heterocycles. The van der Waals surface area contributed by atoms with Gasteiger partial charge in [-0.25, -0.2) is 8.42 Å². The molecule has 0 aliphatic carbocycles. The molecule has 0 radical (unpaired) electrons. The molecule has 0 saturated carbocycles. The Kier molecular flexibility index (Phi) is 10.7. The number of hydrogen-bond acceptors (Lipinski definition) is 4. The number of rotatable bonds is 11. The maximum atomic E-state index is 13.9. The molecular formula is C28H30Cl3N3O4S. The molecule has 0 spiro atoms. The summed E-state index contributed by atoms with van der Waals surface area (Å²) in [5.41, 5.74) is 0.720. The van der Waals surface area contributed by atoms with Crippen LogP contribution >= 0.6 is 34.8 Å². The van der Waals surface area contributed by atoms with E-state index < -0.39 is 28.5 Å². The minimum atomic E-state index is -4.25. The normalized spacial score (nSPS) is 12.9. The van der Waals surface area contributed by atoms with Crippen LogP contribution in [0.1, 0.15) is 32.8 Å². The van der Waals surface area contributed by atoms with Gasteiger partial charge < -0.3 is 10.2 Å². The number of anilines is 1. The fraction of sp³-hybridized carbons (Fsp3) is 0.286. The van der Waals surface area contributed by atoms with Crippen molar-refractivity contribution in [2.24, 2.45) is 0 Å². The Bertz CT molecular complexity index is 1420. The van der Waals surface area contributed by atoms with Gasteiger partial charge in [0.15, 0.2) is 0 Å². The zero-order valence-electron chi connectivity index (χ0n) is 21.8. The lowest BCUT2D eigenvalue weighted by Crippen LogP contribution is -2.52. The number of nitrogens with zero attached hydrogens (tertiary/aromatic N) is 2. The third-order valence-electron chi connectivity index (χ3n) is 6.22. The van der Waals surface area contributed by atoms with E-state index in [0.29, 0.717) is 17.0 Å². The van der Waals surface area contributed by atoms with Crippen molar-refractivity contribution in [1.82, 2.24) is 10.2 Å². The molecule has 2 atom stereocenters. The average Bonchev–Trinajstić information content (AvgIpc) is 2.92. The fourth-order valence-corrected chi connectivity index (χ4v) is 5.91. The molecule has 1 N–H and O–H groups in total. The first-order valence-corrected chi connectivity index (χ1v) is 14.9. The van der Waals surface area contributed by atoms with E-state index in [1.54, 1.807) is 55.5 Å². The minimum absolute atomic E-state index is 0.0181. The van der Waals surface area contributed by atoms with Crippen LogP contribution in [0.25, 0.3) is 0 Å². The predicted octanol–water partition coefficient (Wildman–Crippen LogP) is 6.17. The quantitative estimate of drug-likeness (QED) is 0.281. The van der Waals surface area contributed by atoms with Crippen LogP contribution in [0.3, 0.4) is 0 Å². The Hall–Kier alpha value is -2.78. The van der Waals surface area contributed by atoms with Gasteiger partial charge in [-0.15, -0.1) is 0 Å². The Labute approximate surface area is 244 Å². The summed E-state index contributed by atoms with van der Waals surface area (Å²) >= 11 is 18.8. The van der Waals surface area contributed by atoms with Crippen molar-refractivity contribution < 1.29 is 18.0 Å². The maximum absolute atomic E-state index is 13.9. The first kappa shape index (κ1) is 30.8. The van der Waals surface area contributed by atoms with Gasteiger partial charge in [0, 0.05) is 17.6 Å². The van der Waals surface area contributed by atoms with Crippen molar-refractivity contribution in [1.29, 1.82) is 0 Å². The first-order chi connectivity index (χ1) is 18.4. The Morgan fingerprint density at radius 3 is 2.23 bits per heavy atom. The largest absolute Gasteiger partial charge is 0.352 e. The van der Waals surface area contributed by atoms with E-state index in [2.05, 4.69) is 5.32 Å². The molecule has 0 aromatic heterocycles. The maximum Gasteiger partial charge on any atom is 0.264 e. The Balaban J connectivity index is 2.06. The average molecular weight is 611 g/mol. The number of carbonyl (C=O) groups excluding carboxylic acids is 2. The van der Waals surface area contributed by atoms with Crippen LogP contribution in [-0.4, -0.2) is 43.8 Å². The molecule has 11 heteroatoms. The molecule has 208 valence electrons. The molecule has 0 fully saturated rings. The van der Waals surface area contributed by atoms with E-state index in [1.165, 1.54) is 29.2 Å². The molecule has 3 aromatic carbocycles. The summed E-state index contributed by atoms with van der Waals surface area (Å²) in [7, 11) is -4.25. The summed E-state index contributed by atoms with van der Waals surface area (Å²) < 4.78 is 28.5. The highest BCUT2D eigenvalue weighted by atomic mass is 35.5. The third kappa shape index (κ3) is 7.66. The van der Waals surface area contributed by atoms with Gasteiger partial charge in [-0.1, -0.05) is 78.1 Å². The summed E-state index contributed by atoms with van der Waals surface area (Å²) in [5, 5.41) is 3.47. The molecular weight excluding hydrogens is 581 g/mol. The summed E-state index contributed by atoms with van der Waals surface area (Å²) in [5.74, 6) is -0.977. The molecule has 3 aromatic rings. The van der Waals surface area contributed by atoms with Gasteiger partial charge in [-0.2, -0.15) is 0 Å². The lowest BCUT2D eigenvalue weighted by molar-refractivity contribution is -0.139. The minimum Gasteiger partial charge on any atom is -0.352 e. The highest BCUT2D eigenvalue weighted by Crippen LogP contribution is 2.35. The summed E-state index contributed by atoms with van der Waals surface area (Å²) in [6.07, 6.45) is 0.705. The second kappa shape index (κ2) is 13.5. The lowest BCUT2D eigenvalue weighted by Gasteiger charge is -2.32. The van der Waals surface area contributed by atoms with Crippen LogP contribution in [0.4, 0.5) is 5.69 Å². The zero-order valence-corrected chi connectivity index (χ0v) is 24.9. The van der Waals surface area contributed by atoms with Crippen molar-refractivity contribution in [2.75, 3.05) is 10.8 Å². The van der Waals surface area contributed by atoms with E-state index in [-0.39, 0.29) is 39.1 Å². The molecule has 0 aliphatic rings. The number of nitrogens with one attached hydrogen (secondary N) is 1. The van der Waals surface area contributed by atoms with Crippen molar-refractivity contribution in [3.8, 4) is 0 Å². The van der Waals surface area contributed by atoms with Gasteiger partial charge in [0.1, 0.15) is 12.6 Å². The number of benzene rings is 3. The van der Waals surface area contributed by atoms with Crippen LogP contribution in [-0.2, 0) is 26.2 Å². The van der Waals surface area contributed by atoms with Crippen molar-refractivity contribution >= 4 is 62.3 Å². The van der Waals surface area contributed by atoms with Crippen LogP contribution in [0.2, 0.25) is 15.1 Å². The second-order valence-electron chi connectivity index (χ2n) is 9.04. The lowest BCUT2D eigenvalue weighted by atomic mass is 10.1. The molecule has 7 nitrogen and oxygen atoms in total. The van der Waals surface area contributed by atoms with Crippen molar-refractivity contribution in [2.45, 2.75) is 50.7 Å². The van der Waals surface area contributed by atoms with E-state index >= 15 is 0 Å². The summed E-state index contributed by atoms with van der Waals surface area (Å²) in [6, 6.07) is 18.1. The first-order valence-electron chi connectivity index (χ1n) is 12.3. The number of carbonyl (C=O) groups is 2. The van der Waals surface area contributed by atoms with Gasteiger partial charge >= 0.3 is 0 Å². The molecule has 3 rings (SSSR count). The highest BCUT2D eigenvalue weighted by Gasteiger charge is 2.33. The molecule has 0 aliphatic heterocycles. The van der Waals surface area contributed by atoms with Gasteiger partial charge in [0.2, 0.25) is 11.8 Å². The Morgan fingerprint density at radius 2 is 1.59 bits per heavy atom. The van der Waals surface area contributed by atoms with Crippen molar-refractivity contribution in [3.05, 3.63) is 93.4 Å². The SMILES string of the molecule is CC[C@@H](C)NC(=O)[C@H](C)N(Cc1cccc(Cl)c1)C(=O)CN(c1cccc(Cl)c1Cl)S(=O)(=O)c1ccccc1. The molecule has 2 amide bonds. The molecule has 0 heterocycles. The van der Waals surface area contributed by atoms with Crippen LogP contribution < -0.4 is 9.62 Å². The number of halogens is 3. The van der Waals surface area contributed by atoms with Crippen LogP contribution in [0.5, 0.6) is 0 Å². The Morgan fingerprint density at radius 1 is 0.923 bits per heavy atom. The van der Waals surface area contributed by atoms with Gasteiger partial charge in [0.05, 0.1) is 20.6 Å².